The van der Waals surface area contributed by atoms with Crippen LogP contribution in [-0.2, 0) is 17.6 Å². The third-order valence-corrected chi connectivity index (χ3v) is 5.07. The molecule has 1 heterocycles. The number of amides is 2. The van der Waals surface area contributed by atoms with Gasteiger partial charge in [-0.25, -0.2) is 4.39 Å². The molecular weight excluding hydrogens is 343 g/mol. The van der Waals surface area contributed by atoms with Crippen LogP contribution in [0.15, 0.2) is 48.5 Å². The number of carbonyl (C=O) groups is 2. The van der Waals surface area contributed by atoms with Gasteiger partial charge in [0.2, 0.25) is 5.91 Å². The number of nitrogens with zero attached hydrogens (tertiary/aromatic N) is 2. The highest BCUT2D eigenvalue weighted by atomic mass is 19.1. The zero-order chi connectivity index (χ0) is 19.2. The van der Waals surface area contributed by atoms with E-state index in [0.717, 1.165) is 12.8 Å². The number of piperazine rings is 1. The second-order valence-corrected chi connectivity index (χ2v) is 6.85. The number of hydrogen-bond acceptors (Lipinski definition) is 2. The highest BCUT2D eigenvalue weighted by Gasteiger charge is 2.24. The van der Waals surface area contributed by atoms with Crippen LogP contribution in [0.1, 0.15) is 34.8 Å². The minimum Gasteiger partial charge on any atom is -0.339 e. The lowest BCUT2D eigenvalue weighted by molar-refractivity contribution is -0.132. The summed E-state index contributed by atoms with van der Waals surface area (Å²) in [7, 11) is 0. The molecule has 0 saturated carbocycles. The summed E-state index contributed by atoms with van der Waals surface area (Å²) < 4.78 is 13.0. The van der Waals surface area contributed by atoms with E-state index in [9.17, 15) is 14.0 Å². The van der Waals surface area contributed by atoms with Crippen molar-refractivity contribution in [2.24, 2.45) is 0 Å². The monoisotopic (exact) mass is 368 g/mol. The average molecular weight is 368 g/mol. The van der Waals surface area contributed by atoms with Gasteiger partial charge in [0.05, 0.1) is 0 Å². The van der Waals surface area contributed by atoms with Gasteiger partial charge in [-0.15, -0.1) is 0 Å². The molecule has 4 nitrogen and oxygen atoms in total. The molecule has 1 aliphatic heterocycles. The van der Waals surface area contributed by atoms with E-state index in [0.29, 0.717) is 38.2 Å². The Balaban J connectivity index is 1.47. The Morgan fingerprint density at radius 2 is 1.41 bits per heavy atom. The summed E-state index contributed by atoms with van der Waals surface area (Å²) >= 11 is 0. The van der Waals surface area contributed by atoms with Gasteiger partial charge in [-0.1, -0.05) is 31.2 Å². The summed E-state index contributed by atoms with van der Waals surface area (Å²) in [5.74, 6) is -0.340. The molecule has 2 aromatic carbocycles. The lowest BCUT2D eigenvalue weighted by Gasteiger charge is -2.35. The molecule has 2 aromatic rings. The Kier molecular flexibility index (Phi) is 6.22. The molecule has 0 unspecified atom stereocenters. The number of benzene rings is 2. The lowest BCUT2D eigenvalue weighted by atomic mass is 10.1. The van der Waals surface area contributed by atoms with Crippen LogP contribution in [0, 0.1) is 5.82 Å². The number of carbonyl (C=O) groups excluding carboxylic acids is 2. The third kappa shape index (κ3) is 4.94. The average Bonchev–Trinajstić information content (AvgIpc) is 2.72. The predicted molar refractivity (Wildman–Crippen MR) is 103 cm³/mol. The van der Waals surface area contributed by atoms with E-state index in [1.807, 2.05) is 4.90 Å². The Bertz CT molecular complexity index is 779. The van der Waals surface area contributed by atoms with Crippen LogP contribution < -0.4 is 0 Å². The van der Waals surface area contributed by atoms with Crippen molar-refractivity contribution in [3.05, 3.63) is 71.0 Å². The number of halogens is 1. The number of aryl methyl sites for hydroxylation is 2. The first kappa shape index (κ1) is 19.1. The Hall–Kier alpha value is -2.69. The van der Waals surface area contributed by atoms with E-state index >= 15 is 0 Å². The third-order valence-electron chi connectivity index (χ3n) is 5.07. The molecule has 0 N–H and O–H groups in total. The molecule has 0 atom stereocenters. The summed E-state index contributed by atoms with van der Waals surface area (Å²) in [6, 6.07) is 14.0. The van der Waals surface area contributed by atoms with Gasteiger partial charge in [0.15, 0.2) is 0 Å². The van der Waals surface area contributed by atoms with Crippen LogP contribution in [0.5, 0.6) is 0 Å². The van der Waals surface area contributed by atoms with Crippen molar-refractivity contribution >= 4 is 11.8 Å². The van der Waals surface area contributed by atoms with Crippen LogP contribution >= 0.6 is 0 Å². The summed E-state index contributed by atoms with van der Waals surface area (Å²) in [6.45, 7) is 4.22. The number of rotatable bonds is 5. The lowest BCUT2D eigenvalue weighted by Crippen LogP contribution is -2.50. The van der Waals surface area contributed by atoms with Crippen molar-refractivity contribution in [1.82, 2.24) is 9.80 Å². The largest absolute Gasteiger partial charge is 0.339 e. The van der Waals surface area contributed by atoms with E-state index in [4.69, 9.17) is 0 Å². The molecule has 27 heavy (non-hydrogen) atoms. The van der Waals surface area contributed by atoms with E-state index in [1.54, 1.807) is 4.90 Å². The normalized spacial score (nSPS) is 14.3. The quantitative estimate of drug-likeness (QED) is 0.812. The maximum atomic E-state index is 13.0. The zero-order valence-corrected chi connectivity index (χ0v) is 15.7. The minimum atomic E-state index is -0.355. The van der Waals surface area contributed by atoms with Gasteiger partial charge in [-0.05, 0) is 48.2 Å². The molecule has 1 fully saturated rings. The first-order chi connectivity index (χ1) is 13.1. The molecule has 0 radical (unpaired) electrons. The predicted octanol–water partition coefficient (Wildman–Crippen LogP) is 3.31. The van der Waals surface area contributed by atoms with Crippen molar-refractivity contribution in [1.29, 1.82) is 0 Å². The molecule has 1 saturated heterocycles. The van der Waals surface area contributed by atoms with Gasteiger partial charge >= 0.3 is 0 Å². The second kappa shape index (κ2) is 8.80. The van der Waals surface area contributed by atoms with Crippen molar-refractivity contribution < 1.29 is 14.0 Å². The van der Waals surface area contributed by atoms with E-state index in [1.165, 1.54) is 35.4 Å². The SMILES string of the molecule is CCc1ccc(CCC(=O)N2CCN(C(=O)c3ccc(F)cc3)CC2)cc1. The Morgan fingerprint density at radius 1 is 0.852 bits per heavy atom. The molecule has 0 spiro atoms. The van der Waals surface area contributed by atoms with Gasteiger partial charge in [-0.3, -0.25) is 9.59 Å². The van der Waals surface area contributed by atoms with Crippen LogP contribution in [0.3, 0.4) is 0 Å². The molecule has 142 valence electrons. The Labute approximate surface area is 159 Å². The fourth-order valence-electron chi connectivity index (χ4n) is 3.28. The van der Waals surface area contributed by atoms with Gasteiger partial charge in [-0.2, -0.15) is 0 Å². The van der Waals surface area contributed by atoms with Crippen LogP contribution in [0.2, 0.25) is 0 Å². The fourth-order valence-corrected chi connectivity index (χ4v) is 3.28. The summed E-state index contributed by atoms with van der Waals surface area (Å²) in [5, 5.41) is 0. The fraction of sp³-hybridized carbons (Fsp3) is 0.364. The van der Waals surface area contributed by atoms with Gasteiger partial charge in [0.1, 0.15) is 5.82 Å². The molecule has 3 rings (SSSR count). The second-order valence-electron chi connectivity index (χ2n) is 6.85. The highest BCUT2D eigenvalue weighted by Crippen LogP contribution is 2.12. The first-order valence-electron chi connectivity index (χ1n) is 9.47. The molecule has 0 bridgehead atoms. The number of hydrogen-bond donors (Lipinski definition) is 0. The van der Waals surface area contributed by atoms with Gasteiger partial charge in [0.25, 0.3) is 5.91 Å². The minimum absolute atomic E-state index is 0.113. The first-order valence-corrected chi connectivity index (χ1v) is 9.47. The van der Waals surface area contributed by atoms with Crippen molar-refractivity contribution in [2.75, 3.05) is 26.2 Å². The van der Waals surface area contributed by atoms with Crippen molar-refractivity contribution in [2.45, 2.75) is 26.2 Å². The summed E-state index contributed by atoms with van der Waals surface area (Å²) in [4.78, 5) is 28.5. The maximum absolute atomic E-state index is 13.0. The molecular formula is C22H25FN2O2. The molecule has 5 heteroatoms. The molecule has 2 amide bonds. The summed E-state index contributed by atoms with van der Waals surface area (Å²) in [6.07, 6.45) is 2.23. The van der Waals surface area contributed by atoms with Crippen LogP contribution in [0.25, 0.3) is 0 Å². The van der Waals surface area contributed by atoms with Gasteiger partial charge in [0, 0.05) is 38.2 Å². The zero-order valence-electron chi connectivity index (χ0n) is 15.7. The smallest absolute Gasteiger partial charge is 0.253 e. The standard InChI is InChI=1S/C22H25FN2O2/c1-2-17-3-5-18(6-4-17)7-12-21(26)24-13-15-25(16-14-24)22(27)19-8-10-20(23)11-9-19/h3-6,8-11H,2,7,12-16H2,1H3. The Morgan fingerprint density at radius 3 is 2.00 bits per heavy atom. The molecule has 0 aliphatic carbocycles. The van der Waals surface area contributed by atoms with Gasteiger partial charge < -0.3 is 9.80 Å². The molecule has 0 aromatic heterocycles. The van der Waals surface area contributed by atoms with Crippen molar-refractivity contribution in [3.8, 4) is 0 Å². The van der Waals surface area contributed by atoms with E-state index in [2.05, 4.69) is 31.2 Å². The maximum Gasteiger partial charge on any atom is 0.253 e. The van der Waals surface area contributed by atoms with E-state index in [-0.39, 0.29) is 17.6 Å². The van der Waals surface area contributed by atoms with E-state index < -0.39 is 0 Å². The van der Waals surface area contributed by atoms with Crippen molar-refractivity contribution in [3.63, 3.8) is 0 Å². The van der Waals surface area contributed by atoms with Crippen LogP contribution in [-0.4, -0.2) is 47.8 Å². The highest BCUT2D eigenvalue weighted by molar-refractivity contribution is 5.94. The summed E-state index contributed by atoms with van der Waals surface area (Å²) in [5.41, 5.74) is 2.95. The van der Waals surface area contributed by atoms with Crippen LogP contribution in [0.4, 0.5) is 4.39 Å². The topological polar surface area (TPSA) is 40.6 Å². The molecule has 1 aliphatic rings.